The van der Waals surface area contributed by atoms with Gasteiger partial charge in [-0.1, -0.05) is 30.3 Å². The van der Waals surface area contributed by atoms with Gasteiger partial charge in [-0.25, -0.2) is 4.79 Å². The molecule has 2 aromatic carbocycles. The summed E-state index contributed by atoms with van der Waals surface area (Å²) in [5.74, 6) is 0.770. The molecule has 0 bridgehead atoms. The molecular weight excluding hydrogens is 256 g/mol. The van der Waals surface area contributed by atoms with E-state index in [0.29, 0.717) is 17.1 Å². The monoisotopic (exact) mass is 272 g/mol. The molecule has 2 rings (SSSR count). The lowest BCUT2D eigenvalue weighted by molar-refractivity contribution is 0.0466. The summed E-state index contributed by atoms with van der Waals surface area (Å²) in [6.07, 6.45) is 0. The van der Waals surface area contributed by atoms with Crippen LogP contribution in [0.4, 0.5) is 0 Å². The molecule has 0 spiro atoms. The molecule has 0 amide bonds. The minimum absolute atomic E-state index is 0.154. The van der Waals surface area contributed by atoms with Gasteiger partial charge >= 0.3 is 5.97 Å². The molecule has 4 nitrogen and oxygen atoms in total. The van der Waals surface area contributed by atoms with Gasteiger partial charge in [-0.2, -0.15) is 0 Å². The number of para-hydroxylation sites is 2. The van der Waals surface area contributed by atoms with Crippen molar-refractivity contribution in [3.63, 3.8) is 0 Å². The third-order valence-corrected chi connectivity index (χ3v) is 2.88. The number of ether oxygens (including phenoxy) is 3. The molecule has 0 N–H and O–H groups in total. The highest BCUT2D eigenvalue weighted by molar-refractivity contribution is 5.92. The van der Waals surface area contributed by atoms with Crippen LogP contribution in [0.25, 0.3) is 0 Å². The maximum atomic E-state index is 12.1. The van der Waals surface area contributed by atoms with Gasteiger partial charge in [0.2, 0.25) is 0 Å². The molecule has 0 unspecified atom stereocenters. The van der Waals surface area contributed by atoms with Gasteiger partial charge in [0.05, 0.1) is 14.2 Å². The summed E-state index contributed by atoms with van der Waals surface area (Å²) in [6.45, 7) is 0.154. The maximum absolute atomic E-state index is 12.1. The van der Waals surface area contributed by atoms with Crippen molar-refractivity contribution in [2.45, 2.75) is 6.61 Å². The number of methoxy groups -OCH3 is 2. The van der Waals surface area contributed by atoms with Crippen LogP contribution in [0.5, 0.6) is 11.5 Å². The van der Waals surface area contributed by atoms with Gasteiger partial charge in [0.25, 0.3) is 0 Å². The van der Waals surface area contributed by atoms with Crippen molar-refractivity contribution in [2.24, 2.45) is 0 Å². The van der Waals surface area contributed by atoms with Crippen LogP contribution in [0.2, 0.25) is 0 Å². The average Bonchev–Trinajstić information content (AvgIpc) is 2.52. The first-order valence-electron chi connectivity index (χ1n) is 6.18. The van der Waals surface area contributed by atoms with Gasteiger partial charge in [-0.05, 0) is 18.2 Å². The lowest BCUT2D eigenvalue weighted by Crippen LogP contribution is -2.07. The molecule has 0 atom stereocenters. The van der Waals surface area contributed by atoms with E-state index >= 15 is 0 Å². The fraction of sp³-hybridized carbons (Fsp3) is 0.188. The maximum Gasteiger partial charge on any atom is 0.342 e. The van der Waals surface area contributed by atoms with Crippen molar-refractivity contribution in [1.29, 1.82) is 0 Å². The Hall–Kier alpha value is -2.49. The topological polar surface area (TPSA) is 44.8 Å². The third-order valence-electron chi connectivity index (χ3n) is 2.88. The highest BCUT2D eigenvalue weighted by atomic mass is 16.5. The van der Waals surface area contributed by atoms with Gasteiger partial charge in [0, 0.05) is 5.56 Å². The van der Waals surface area contributed by atoms with E-state index in [1.807, 2.05) is 24.3 Å². The van der Waals surface area contributed by atoms with Crippen LogP contribution in [0.1, 0.15) is 15.9 Å². The molecule has 4 heteroatoms. The number of benzene rings is 2. The molecule has 2 aromatic rings. The summed E-state index contributed by atoms with van der Waals surface area (Å²) < 4.78 is 15.7. The van der Waals surface area contributed by atoms with E-state index in [0.717, 1.165) is 5.56 Å². The second-order valence-electron chi connectivity index (χ2n) is 4.09. The van der Waals surface area contributed by atoms with E-state index in [1.54, 1.807) is 31.4 Å². The summed E-state index contributed by atoms with van der Waals surface area (Å²) in [4.78, 5) is 12.1. The number of rotatable bonds is 5. The van der Waals surface area contributed by atoms with Crippen LogP contribution in [0.3, 0.4) is 0 Å². The molecule has 0 aliphatic heterocycles. The largest absolute Gasteiger partial charge is 0.496 e. The SMILES string of the molecule is COc1ccccc1COC(=O)c1ccccc1OC. The number of carbonyl (C=O) groups is 1. The van der Waals surface area contributed by atoms with E-state index in [-0.39, 0.29) is 6.61 Å². The van der Waals surface area contributed by atoms with Crippen LogP contribution in [0, 0.1) is 0 Å². The van der Waals surface area contributed by atoms with Gasteiger partial charge < -0.3 is 14.2 Å². The molecule has 0 aliphatic carbocycles. The Morgan fingerprint density at radius 1 is 0.900 bits per heavy atom. The predicted octanol–water partition coefficient (Wildman–Crippen LogP) is 3.06. The molecule has 0 fully saturated rings. The predicted molar refractivity (Wildman–Crippen MR) is 75.1 cm³/mol. The van der Waals surface area contributed by atoms with Crippen molar-refractivity contribution in [3.8, 4) is 11.5 Å². The average molecular weight is 272 g/mol. The van der Waals surface area contributed by atoms with Gasteiger partial charge in [0.15, 0.2) is 0 Å². The molecule has 0 radical (unpaired) electrons. The van der Waals surface area contributed by atoms with Crippen LogP contribution >= 0.6 is 0 Å². The molecule has 0 saturated carbocycles. The Morgan fingerprint density at radius 2 is 1.50 bits per heavy atom. The number of esters is 1. The van der Waals surface area contributed by atoms with E-state index in [9.17, 15) is 4.79 Å². The van der Waals surface area contributed by atoms with Crippen LogP contribution in [-0.2, 0) is 11.3 Å². The summed E-state index contributed by atoms with van der Waals surface area (Å²) in [5.41, 5.74) is 1.23. The molecule has 20 heavy (non-hydrogen) atoms. The number of hydrogen-bond donors (Lipinski definition) is 0. The lowest BCUT2D eigenvalue weighted by Gasteiger charge is -2.10. The molecule has 0 saturated heterocycles. The molecule has 0 heterocycles. The summed E-state index contributed by atoms with van der Waals surface area (Å²) in [5, 5.41) is 0. The van der Waals surface area contributed by atoms with E-state index in [1.165, 1.54) is 7.11 Å². The van der Waals surface area contributed by atoms with Crippen molar-refractivity contribution in [3.05, 3.63) is 59.7 Å². The first-order valence-corrected chi connectivity index (χ1v) is 6.18. The Morgan fingerprint density at radius 3 is 2.20 bits per heavy atom. The third kappa shape index (κ3) is 3.09. The molecule has 104 valence electrons. The number of carbonyl (C=O) groups excluding carboxylic acids is 1. The second kappa shape index (κ2) is 6.61. The van der Waals surface area contributed by atoms with Crippen molar-refractivity contribution in [2.75, 3.05) is 14.2 Å². The van der Waals surface area contributed by atoms with Crippen LogP contribution < -0.4 is 9.47 Å². The van der Waals surface area contributed by atoms with Crippen molar-refractivity contribution in [1.82, 2.24) is 0 Å². The fourth-order valence-corrected chi connectivity index (χ4v) is 1.86. The Balaban J connectivity index is 2.09. The quantitative estimate of drug-likeness (QED) is 0.785. The smallest absolute Gasteiger partial charge is 0.342 e. The van der Waals surface area contributed by atoms with Gasteiger partial charge in [-0.15, -0.1) is 0 Å². The zero-order valence-electron chi connectivity index (χ0n) is 11.5. The fourth-order valence-electron chi connectivity index (χ4n) is 1.86. The van der Waals surface area contributed by atoms with E-state index in [4.69, 9.17) is 14.2 Å². The zero-order valence-corrected chi connectivity index (χ0v) is 11.5. The molecular formula is C16H16O4. The zero-order chi connectivity index (χ0) is 14.4. The standard InChI is InChI=1S/C16H16O4/c1-18-14-9-5-3-7-12(14)11-20-16(17)13-8-4-6-10-15(13)19-2/h3-10H,11H2,1-2H3. The molecule has 0 aromatic heterocycles. The lowest BCUT2D eigenvalue weighted by atomic mass is 10.2. The Bertz CT molecular complexity index is 593. The first-order chi connectivity index (χ1) is 9.76. The number of hydrogen-bond acceptors (Lipinski definition) is 4. The van der Waals surface area contributed by atoms with E-state index in [2.05, 4.69) is 0 Å². The Kier molecular flexibility index (Phi) is 4.60. The normalized spacial score (nSPS) is 9.90. The summed E-state index contributed by atoms with van der Waals surface area (Å²) in [6, 6.07) is 14.4. The second-order valence-corrected chi connectivity index (χ2v) is 4.09. The minimum Gasteiger partial charge on any atom is -0.496 e. The highest BCUT2D eigenvalue weighted by Crippen LogP contribution is 2.21. The van der Waals surface area contributed by atoms with Crippen LogP contribution in [-0.4, -0.2) is 20.2 Å². The van der Waals surface area contributed by atoms with Crippen molar-refractivity contribution < 1.29 is 19.0 Å². The van der Waals surface area contributed by atoms with Crippen LogP contribution in [0.15, 0.2) is 48.5 Å². The van der Waals surface area contributed by atoms with Crippen molar-refractivity contribution >= 4 is 5.97 Å². The highest BCUT2D eigenvalue weighted by Gasteiger charge is 2.13. The first kappa shape index (κ1) is 13.9. The minimum atomic E-state index is -0.423. The summed E-state index contributed by atoms with van der Waals surface area (Å²) in [7, 11) is 3.10. The van der Waals surface area contributed by atoms with Gasteiger partial charge in [0.1, 0.15) is 23.7 Å². The van der Waals surface area contributed by atoms with Gasteiger partial charge in [-0.3, -0.25) is 0 Å². The summed E-state index contributed by atoms with van der Waals surface area (Å²) >= 11 is 0. The Labute approximate surface area is 117 Å². The molecule has 0 aliphatic rings. The van der Waals surface area contributed by atoms with E-state index < -0.39 is 5.97 Å².